The highest BCUT2D eigenvalue weighted by Crippen LogP contribution is 2.46. The molecule has 0 radical (unpaired) electrons. The second-order valence-corrected chi connectivity index (χ2v) is 8.11. The molecule has 5 nitrogen and oxygen atoms in total. The second-order valence-electron chi connectivity index (χ2n) is 7.06. The SMILES string of the molecule is Cc1ncc(-c2ccc(-c3cc4ccc5c(c4s3)OCc3nc[nH]c3-5)cc2F)[nH]1. The highest BCUT2D eigenvalue weighted by atomic mass is 32.1. The first kappa shape index (κ1) is 16.5. The van der Waals surface area contributed by atoms with Gasteiger partial charge in [0.15, 0.2) is 0 Å². The van der Waals surface area contributed by atoms with Gasteiger partial charge >= 0.3 is 0 Å². The first-order valence-corrected chi connectivity index (χ1v) is 10.0. The number of rotatable bonds is 2. The average Bonchev–Trinajstić information content (AvgIpc) is 3.46. The van der Waals surface area contributed by atoms with Gasteiger partial charge in [-0.3, -0.25) is 0 Å². The van der Waals surface area contributed by atoms with Crippen LogP contribution in [-0.2, 0) is 6.61 Å². The van der Waals surface area contributed by atoms with E-state index in [-0.39, 0.29) is 5.82 Å². The molecule has 0 fully saturated rings. The number of benzene rings is 2. The Labute approximate surface area is 169 Å². The Bertz CT molecular complexity index is 1400. The minimum Gasteiger partial charge on any atom is -0.485 e. The molecule has 29 heavy (non-hydrogen) atoms. The topological polar surface area (TPSA) is 66.6 Å². The van der Waals surface area contributed by atoms with Crippen LogP contribution in [0, 0.1) is 12.7 Å². The molecule has 2 N–H and O–H groups in total. The Kier molecular flexibility index (Phi) is 3.43. The van der Waals surface area contributed by atoms with Gasteiger partial charge in [-0.2, -0.15) is 0 Å². The van der Waals surface area contributed by atoms with Crippen LogP contribution in [0.2, 0.25) is 0 Å². The Hall–Kier alpha value is -3.45. The number of thiophene rings is 1. The van der Waals surface area contributed by atoms with Gasteiger partial charge in [0.1, 0.15) is 29.7 Å². The maximum Gasteiger partial charge on any atom is 0.147 e. The van der Waals surface area contributed by atoms with Gasteiger partial charge in [-0.05, 0) is 42.1 Å². The van der Waals surface area contributed by atoms with E-state index in [0.717, 1.165) is 49.1 Å². The monoisotopic (exact) mass is 402 g/mol. The standard InChI is InChI=1S/C22H15FN4OS/c1-11-24-8-17(27-11)14-4-2-12(6-16(14)23)19-7-13-3-5-15-20-18(25-10-26-20)9-28-21(15)22(13)29-19/h2-8,10H,9H2,1H3,(H,24,27)(H,25,26). The summed E-state index contributed by atoms with van der Waals surface area (Å²) >= 11 is 1.61. The number of aryl methyl sites for hydroxylation is 1. The second kappa shape index (κ2) is 6.02. The lowest BCUT2D eigenvalue weighted by atomic mass is 10.0. The minimum absolute atomic E-state index is 0.274. The molecule has 6 rings (SSSR count). The van der Waals surface area contributed by atoms with Gasteiger partial charge in [-0.25, -0.2) is 14.4 Å². The van der Waals surface area contributed by atoms with Crippen LogP contribution in [0.4, 0.5) is 4.39 Å². The number of nitrogens with zero attached hydrogens (tertiary/aromatic N) is 2. The lowest BCUT2D eigenvalue weighted by molar-refractivity contribution is 0.302. The first-order chi connectivity index (χ1) is 14.2. The maximum absolute atomic E-state index is 14.8. The van der Waals surface area contributed by atoms with Gasteiger partial charge in [0, 0.05) is 16.0 Å². The van der Waals surface area contributed by atoms with Crippen molar-refractivity contribution in [3.8, 4) is 38.7 Å². The molecule has 0 saturated heterocycles. The molecule has 7 heteroatoms. The van der Waals surface area contributed by atoms with Crippen molar-refractivity contribution in [2.24, 2.45) is 0 Å². The molecule has 0 spiro atoms. The van der Waals surface area contributed by atoms with Gasteiger partial charge in [-0.15, -0.1) is 11.3 Å². The Morgan fingerprint density at radius 2 is 2.00 bits per heavy atom. The van der Waals surface area contributed by atoms with Crippen LogP contribution in [0.1, 0.15) is 11.5 Å². The molecule has 0 saturated carbocycles. The van der Waals surface area contributed by atoms with E-state index in [1.54, 1.807) is 36.0 Å². The number of aromatic amines is 2. The number of halogens is 1. The molecule has 0 aliphatic carbocycles. The molecule has 0 bridgehead atoms. The number of ether oxygens (including phenoxy) is 1. The summed E-state index contributed by atoms with van der Waals surface area (Å²) in [4.78, 5) is 15.7. The van der Waals surface area contributed by atoms with Gasteiger partial charge in [0.2, 0.25) is 0 Å². The molecule has 5 aromatic rings. The van der Waals surface area contributed by atoms with Crippen LogP contribution in [0.25, 0.3) is 43.0 Å². The number of aromatic nitrogens is 4. The van der Waals surface area contributed by atoms with Crippen molar-refractivity contribution in [1.29, 1.82) is 0 Å². The largest absolute Gasteiger partial charge is 0.485 e. The molecule has 2 aromatic carbocycles. The molecular formula is C22H15FN4OS. The number of fused-ring (bicyclic) bond motifs is 5. The normalized spacial score (nSPS) is 12.6. The third-order valence-corrected chi connectivity index (χ3v) is 6.43. The summed E-state index contributed by atoms with van der Waals surface area (Å²) < 4.78 is 21.9. The van der Waals surface area contributed by atoms with Crippen molar-refractivity contribution in [3.05, 3.63) is 66.3 Å². The Balaban J connectivity index is 1.45. The van der Waals surface area contributed by atoms with Gasteiger partial charge in [0.05, 0.1) is 28.6 Å². The zero-order valence-electron chi connectivity index (χ0n) is 15.4. The number of H-pyrrole nitrogens is 2. The summed E-state index contributed by atoms with van der Waals surface area (Å²) in [6.45, 7) is 2.30. The molecule has 0 atom stereocenters. The highest BCUT2D eigenvalue weighted by Gasteiger charge is 2.23. The predicted molar refractivity (Wildman–Crippen MR) is 111 cm³/mol. The fourth-order valence-electron chi connectivity index (χ4n) is 3.81. The third kappa shape index (κ3) is 2.51. The zero-order chi connectivity index (χ0) is 19.5. The molecule has 1 aliphatic heterocycles. The van der Waals surface area contributed by atoms with Crippen molar-refractivity contribution in [3.63, 3.8) is 0 Å². The summed E-state index contributed by atoms with van der Waals surface area (Å²) in [7, 11) is 0. The summed E-state index contributed by atoms with van der Waals surface area (Å²) in [6, 6.07) is 11.5. The molecule has 3 aromatic heterocycles. The summed E-state index contributed by atoms with van der Waals surface area (Å²) in [6.07, 6.45) is 3.35. The van der Waals surface area contributed by atoms with E-state index in [4.69, 9.17) is 4.74 Å². The smallest absolute Gasteiger partial charge is 0.147 e. The van der Waals surface area contributed by atoms with E-state index < -0.39 is 0 Å². The van der Waals surface area contributed by atoms with Gasteiger partial charge < -0.3 is 14.7 Å². The Morgan fingerprint density at radius 1 is 1.10 bits per heavy atom. The van der Waals surface area contributed by atoms with E-state index in [0.29, 0.717) is 17.9 Å². The van der Waals surface area contributed by atoms with Crippen molar-refractivity contribution in [2.45, 2.75) is 13.5 Å². The minimum atomic E-state index is -0.274. The molecule has 1 aliphatic rings. The fraction of sp³-hybridized carbons (Fsp3) is 0.0909. The maximum atomic E-state index is 14.8. The van der Waals surface area contributed by atoms with Crippen LogP contribution in [0.5, 0.6) is 5.75 Å². The fourth-order valence-corrected chi connectivity index (χ4v) is 4.97. The number of imidazole rings is 2. The number of hydrogen-bond acceptors (Lipinski definition) is 4. The van der Waals surface area contributed by atoms with Crippen molar-refractivity contribution in [2.75, 3.05) is 0 Å². The van der Waals surface area contributed by atoms with E-state index in [9.17, 15) is 4.39 Å². The van der Waals surface area contributed by atoms with Crippen molar-refractivity contribution < 1.29 is 9.13 Å². The quantitative estimate of drug-likeness (QED) is 0.399. The van der Waals surface area contributed by atoms with Crippen LogP contribution in [0.3, 0.4) is 0 Å². The van der Waals surface area contributed by atoms with Gasteiger partial charge in [0.25, 0.3) is 0 Å². The molecule has 142 valence electrons. The average molecular weight is 402 g/mol. The third-order valence-electron chi connectivity index (χ3n) is 5.23. The molecule has 0 unspecified atom stereocenters. The van der Waals surface area contributed by atoms with E-state index >= 15 is 0 Å². The van der Waals surface area contributed by atoms with E-state index in [1.807, 2.05) is 13.0 Å². The lowest BCUT2D eigenvalue weighted by Gasteiger charge is -2.17. The summed E-state index contributed by atoms with van der Waals surface area (Å²) in [5, 5.41) is 1.08. The lowest BCUT2D eigenvalue weighted by Crippen LogP contribution is -2.04. The van der Waals surface area contributed by atoms with Crippen LogP contribution in [0.15, 0.2) is 48.9 Å². The molecule has 4 heterocycles. The zero-order valence-corrected chi connectivity index (χ0v) is 16.2. The molecular weight excluding hydrogens is 387 g/mol. The van der Waals surface area contributed by atoms with E-state index in [1.165, 1.54) is 0 Å². The number of hydrogen-bond donors (Lipinski definition) is 2. The van der Waals surface area contributed by atoms with Gasteiger partial charge in [-0.1, -0.05) is 12.1 Å². The van der Waals surface area contributed by atoms with Crippen LogP contribution in [-0.4, -0.2) is 19.9 Å². The van der Waals surface area contributed by atoms with Crippen molar-refractivity contribution >= 4 is 21.4 Å². The number of nitrogens with one attached hydrogen (secondary N) is 2. The van der Waals surface area contributed by atoms with Crippen LogP contribution < -0.4 is 4.74 Å². The predicted octanol–water partition coefficient (Wildman–Crippen LogP) is 5.69. The van der Waals surface area contributed by atoms with Crippen molar-refractivity contribution in [1.82, 2.24) is 19.9 Å². The Morgan fingerprint density at radius 3 is 2.83 bits per heavy atom. The summed E-state index contributed by atoms with van der Waals surface area (Å²) in [5.41, 5.74) is 4.98. The first-order valence-electron chi connectivity index (χ1n) is 9.21. The molecule has 0 amide bonds. The highest BCUT2D eigenvalue weighted by molar-refractivity contribution is 7.22. The van der Waals surface area contributed by atoms with E-state index in [2.05, 4.69) is 38.1 Å². The van der Waals surface area contributed by atoms with Crippen LogP contribution >= 0.6 is 11.3 Å². The summed E-state index contributed by atoms with van der Waals surface area (Å²) in [5.74, 6) is 1.35.